The molecule has 106 valence electrons. The largest absolute Gasteiger partial charge is 0.495 e. The Bertz CT molecular complexity index is 439. The molecular formula is C15H21ClO3. The second-order valence-corrected chi connectivity index (χ2v) is 4.72. The molecule has 0 amide bonds. The molecule has 0 spiro atoms. The first-order valence-corrected chi connectivity index (χ1v) is 6.94. The zero-order valence-corrected chi connectivity index (χ0v) is 12.7. The number of Topliss-reactive ketones (excluding diaryl/α,β-unsaturated/α-hetero) is 1. The highest BCUT2D eigenvalue weighted by atomic mass is 35.5. The van der Waals surface area contributed by atoms with Crippen LogP contribution < -0.4 is 4.74 Å². The van der Waals surface area contributed by atoms with Gasteiger partial charge >= 0.3 is 0 Å². The lowest BCUT2D eigenvalue weighted by Crippen LogP contribution is -2.40. The Morgan fingerprint density at radius 1 is 1.26 bits per heavy atom. The van der Waals surface area contributed by atoms with Gasteiger partial charge in [0, 0.05) is 12.2 Å². The molecule has 0 N–H and O–H groups in total. The van der Waals surface area contributed by atoms with Gasteiger partial charge in [0.2, 0.25) is 0 Å². The Kier molecular flexibility index (Phi) is 5.83. The van der Waals surface area contributed by atoms with Crippen LogP contribution in [0.5, 0.6) is 5.75 Å². The Hall–Kier alpha value is -1.06. The van der Waals surface area contributed by atoms with E-state index in [-0.39, 0.29) is 5.78 Å². The second kappa shape index (κ2) is 6.92. The van der Waals surface area contributed by atoms with Crippen molar-refractivity contribution in [2.75, 3.05) is 13.7 Å². The minimum absolute atomic E-state index is 0.0192. The molecule has 0 aliphatic heterocycles. The number of benzene rings is 1. The van der Waals surface area contributed by atoms with Crippen LogP contribution >= 0.6 is 11.6 Å². The van der Waals surface area contributed by atoms with E-state index in [0.29, 0.717) is 35.8 Å². The molecule has 0 radical (unpaired) electrons. The lowest BCUT2D eigenvalue weighted by molar-refractivity contribution is -0.0250. The maximum atomic E-state index is 12.7. The summed E-state index contributed by atoms with van der Waals surface area (Å²) in [6.45, 7) is 6.34. The van der Waals surface area contributed by atoms with Crippen molar-refractivity contribution in [3.05, 3.63) is 28.8 Å². The van der Waals surface area contributed by atoms with Gasteiger partial charge in [0.15, 0.2) is 5.78 Å². The summed E-state index contributed by atoms with van der Waals surface area (Å²) in [6, 6.07) is 5.06. The normalized spacial score (nSPS) is 11.4. The predicted molar refractivity (Wildman–Crippen MR) is 77.3 cm³/mol. The number of rotatable bonds is 7. The summed E-state index contributed by atoms with van der Waals surface area (Å²) in [6.07, 6.45) is 1.28. The maximum Gasteiger partial charge on any atom is 0.194 e. The average molecular weight is 285 g/mol. The van der Waals surface area contributed by atoms with Crippen LogP contribution in [0.4, 0.5) is 0 Å². The Labute approximate surface area is 119 Å². The summed E-state index contributed by atoms with van der Waals surface area (Å²) in [4.78, 5) is 12.7. The Morgan fingerprint density at radius 2 is 1.89 bits per heavy atom. The second-order valence-electron chi connectivity index (χ2n) is 4.31. The van der Waals surface area contributed by atoms with Crippen molar-refractivity contribution in [1.29, 1.82) is 0 Å². The summed E-state index contributed by atoms with van der Waals surface area (Å²) >= 11 is 5.98. The third-order valence-electron chi connectivity index (χ3n) is 3.39. The van der Waals surface area contributed by atoms with Crippen molar-refractivity contribution in [2.24, 2.45) is 0 Å². The zero-order valence-electron chi connectivity index (χ0n) is 12.0. The number of methoxy groups -OCH3 is 1. The highest BCUT2D eigenvalue weighted by molar-refractivity contribution is 6.32. The van der Waals surface area contributed by atoms with Crippen LogP contribution in [0.3, 0.4) is 0 Å². The molecule has 4 heteroatoms. The molecule has 0 saturated heterocycles. The molecule has 0 saturated carbocycles. The SMILES string of the molecule is CCOC(CC)(CC)C(=O)c1ccc(Cl)c(OC)c1. The maximum absolute atomic E-state index is 12.7. The average Bonchev–Trinajstić information content (AvgIpc) is 2.44. The van der Waals surface area contributed by atoms with E-state index >= 15 is 0 Å². The molecule has 0 unspecified atom stereocenters. The first-order valence-electron chi connectivity index (χ1n) is 6.56. The van der Waals surface area contributed by atoms with Crippen LogP contribution in [0.2, 0.25) is 5.02 Å². The molecule has 0 heterocycles. The lowest BCUT2D eigenvalue weighted by Gasteiger charge is -2.30. The molecule has 3 nitrogen and oxygen atoms in total. The van der Waals surface area contributed by atoms with Crippen LogP contribution in [0.15, 0.2) is 18.2 Å². The number of hydrogen-bond acceptors (Lipinski definition) is 3. The van der Waals surface area contributed by atoms with Crippen molar-refractivity contribution >= 4 is 17.4 Å². The van der Waals surface area contributed by atoms with E-state index < -0.39 is 5.60 Å². The van der Waals surface area contributed by atoms with Crippen molar-refractivity contribution < 1.29 is 14.3 Å². The molecule has 0 aliphatic rings. The van der Waals surface area contributed by atoms with Gasteiger partial charge < -0.3 is 9.47 Å². The fourth-order valence-electron chi connectivity index (χ4n) is 2.18. The highest BCUT2D eigenvalue weighted by Gasteiger charge is 2.36. The van der Waals surface area contributed by atoms with Gasteiger partial charge in [-0.1, -0.05) is 25.4 Å². The van der Waals surface area contributed by atoms with Crippen molar-refractivity contribution in [3.63, 3.8) is 0 Å². The lowest BCUT2D eigenvalue weighted by atomic mass is 9.87. The third kappa shape index (κ3) is 3.28. The predicted octanol–water partition coefficient (Wildman–Crippen LogP) is 4.13. The number of hydrogen-bond donors (Lipinski definition) is 0. The monoisotopic (exact) mass is 284 g/mol. The third-order valence-corrected chi connectivity index (χ3v) is 3.70. The topological polar surface area (TPSA) is 35.5 Å². The minimum atomic E-state index is -0.756. The molecule has 0 bridgehead atoms. The standard InChI is InChI=1S/C15H21ClO3/c1-5-15(6-2,19-7-3)14(17)11-8-9-12(16)13(10-11)18-4/h8-10H,5-7H2,1-4H3. The van der Waals surface area contributed by atoms with Gasteiger partial charge in [-0.3, -0.25) is 4.79 Å². The van der Waals surface area contributed by atoms with Gasteiger partial charge in [0.25, 0.3) is 0 Å². The molecule has 1 aromatic rings. The van der Waals surface area contributed by atoms with E-state index in [1.54, 1.807) is 18.2 Å². The van der Waals surface area contributed by atoms with Gasteiger partial charge in [0.05, 0.1) is 12.1 Å². The molecule has 1 aromatic carbocycles. The summed E-state index contributed by atoms with van der Waals surface area (Å²) in [5.74, 6) is 0.486. The summed E-state index contributed by atoms with van der Waals surface area (Å²) in [5.41, 5.74) is -0.188. The van der Waals surface area contributed by atoms with Gasteiger partial charge in [-0.25, -0.2) is 0 Å². The summed E-state index contributed by atoms with van der Waals surface area (Å²) in [5, 5.41) is 0.494. The number of carbonyl (C=O) groups is 1. The Morgan fingerprint density at radius 3 is 2.37 bits per heavy atom. The van der Waals surface area contributed by atoms with E-state index in [1.807, 2.05) is 20.8 Å². The van der Waals surface area contributed by atoms with E-state index in [0.717, 1.165) is 0 Å². The van der Waals surface area contributed by atoms with Gasteiger partial charge in [0.1, 0.15) is 11.4 Å². The van der Waals surface area contributed by atoms with Gasteiger partial charge in [-0.15, -0.1) is 0 Å². The molecule has 0 atom stereocenters. The minimum Gasteiger partial charge on any atom is -0.495 e. The van der Waals surface area contributed by atoms with Crippen LogP contribution in [-0.4, -0.2) is 25.1 Å². The summed E-state index contributed by atoms with van der Waals surface area (Å²) < 4.78 is 10.9. The fraction of sp³-hybridized carbons (Fsp3) is 0.533. The van der Waals surface area contributed by atoms with Crippen LogP contribution in [0, 0.1) is 0 Å². The van der Waals surface area contributed by atoms with E-state index in [1.165, 1.54) is 7.11 Å². The number of ether oxygens (including phenoxy) is 2. The van der Waals surface area contributed by atoms with Crippen LogP contribution in [0.25, 0.3) is 0 Å². The summed E-state index contributed by atoms with van der Waals surface area (Å²) in [7, 11) is 1.53. The molecule has 1 rings (SSSR count). The van der Waals surface area contributed by atoms with Crippen molar-refractivity contribution in [1.82, 2.24) is 0 Å². The molecule has 0 fully saturated rings. The van der Waals surface area contributed by atoms with Crippen LogP contribution in [-0.2, 0) is 4.74 Å². The smallest absolute Gasteiger partial charge is 0.194 e. The van der Waals surface area contributed by atoms with E-state index in [2.05, 4.69) is 0 Å². The number of carbonyl (C=O) groups excluding carboxylic acids is 1. The molecule has 0 aliphatic carbocycles. The fourth-order valence-corrected chi connectivity index (χ4v) is 2.38. The first kappa shape index (κ1) is 16.0. The first-order chi connectivity index (χ1) is 9.04. The van der Waals surface area contributed by atoms with Crippen molar-refractivity contribution in [3.8, 4) is 5.75 Å². The highest BCUT2D eigenvalue weighted by Crippen LogP contribution is 2.30. The van der Waals surface area contributed by atoms with E-state index in [9.17, 15) is 4.79 Å². The quantitative estimate of drug-likeness (QED) is 0.706. The molecule has 0 aromatic heterocycles. The van der Waals surface area contributed by atoms with Gasteiger partial charge in [-0.2, -0.15) is 0 Å². The van der Waals surface area contributed by atoms with Crippen LogP contribution in [0.1, 0.15) is 44.0 Å². The number of halogens is 1. The number of ketones is 1. The van der Waals surface area contributed by atoms with Crippen molar-refractivity contribution in [2.45, 2.75) is 39.2 Å². The van der Waals surface area contributed by atoms with Gasteiger partial charge in [-0.05, 0) is 38.0 Å². The molecular weight excluding hydrogens is 264 g/mol. The molecule has 19 heavy (non-hydrogen) atoms. The van der Waals surface area contributed by atoms with E-state index in [4.69, 9.17) is 21.1 Å². The zero-order chi connectivity index (χ0) is 14.5. The Balaban J connectivity index is 3.16.